The molecule has 7 nitrogen and oxygen atoms in total. The van der Waals surface area contributed by atoms with E-state index in [0.717, 1.165) is 28.1 Å². The molecule has 1 N–H and O–H groups in total. The number of carbonyl (C=O) groups is 2. The number of aryl methyl sites for hydroxylation is 1. The molecule has 2 aromatic rings. The Kier molecular flexibility index (Phi) is 7.12. The van der Waals surface area contributed by atoms with Gasteiger partial charge in [-0.2, -0.15) is 4.31 Å². The minimum Gasteiger partial charge on any atom is -0.350 e. The molecule has 0 saturated carbocycles. The van der Waals surface area contributed by atoms with Crippen molar-refractivity contribution in [3.63, 3.8) is 0 Å². The summed E-state index contributed by atoms with van der Waals surface area (Å²) < 4.78 is 25.4. The molecule has 3 rings (SSSR count). The Hall–Kier alpha value is -2.71. The van der Waals surface area contributed by atoms with Gasteiger partial charge in [0.2, 0.25) is 21.8 Å². The summed E-state index contributed by atoms with van der Waals surface area (Å²) in [5.41, 5.74) is 0.793. The summed E-state index contributed by atoms with van der Waals surface area (Å²) in [5, 5.41) is 2.89. The first-order valence-electron chi connectivity index (χ1n) is 10.3. The SMILES string of the molecule is C[C@@]1(C(=O)NCc2ccccc2)CN(S(C)(=O)=O)CC(=O)N1CCCc1ccccc1. The maximum atomic E-state index is 13.2. The minimum absolute atomic E-state index is 0.0659. The third-order valence-corrected chi connectivity index (χ3v) is 6.83. The summed E-state index contributed by atoms with van der Waals surface area (Å²) in [7, 11) is -3.61. The van der Waals surface area contributed by atoms with Gasteiger partial charge in [0.15, 0.2) is 0 Å². The highest BCUT2D eigenvalue weighted by atomic mass is 32.2. The second-order valence-electron chi connectivity index (χ2n) is 8.11. The van der Waals surface area contributed by atoms with E-state index in [2.05, 4.69) is 5.32 Å². The fourth-order valence-electron chi connectivity index (χ4n) is 3.85. The lowest BCUT2D eigenvalue weighted by atomic mass is 9.94. The number of nitrogens with one attached hydrogen (secondary N) is 1. The van der Waals surface area contributed by atoms with E-state index < -0.39 is 15.6 Å². The molecule has 0 radical (unpaired) electrons. The zero-order valence-electron chi connectivity index (χ0n) is 18.0. The molecule has 166 valence electrons. The Bertz CT molecular complexity index is 1010. The number of nitrogens with zero attached hydrogens (tertiary/aromatic N) is 2. The van der Waals surface area contributed by atoms with Crippen molar-refractivity contribution in [1.29, 1.82) is 0 Å². The number of amides is 2. The normalized spacial score (nSPS) is 19.9. The predicted octanol–water partition coefficient (Wildman–Crippen LogP) is 1.80. The van der Waals surface area contributed by atoms with Gasteiger partial charge in [-0.3, -0.25) is 9.59 Å². The molecular weight excluding hydrogens is 414 g/mol. The smallest absolute Gasteiger partial charge is 0.247 e. The number of benzene rings is 2. The fraction of sp³-hybridized carbons (Fsp3) is 0.391. The van der Waals surface area contributed by atoms with Crippen LogP contribution >= 0.6 is 0 Å². The van der Waals surface area contributed by atoms with E-state index in [1.54, 1.807) is 6.92 Å². The van der Waals surface area contributed by atoms with Crippen LogP contribution in [-0.4, -0.2) is 60.9 Å². The molecule has 1 aliphatic rings. The average Bonchev–Trinajstić information content (AvgIpc) is 2.74. The van der Waals surface area contributed by atoms with E-state index in [4.69, 9.17) is 0 Å². The third kappa shape index (κ3) is 5.71. The predicted molar refractivity (Wildman–Crippen MR) is 120 cm³/mol. The van der Waals surface area contributed by atoms with Crippen LogP contribution in [0.25, 0.3) is 0 Å². The molecule has 0 spiro atoms. The molecule has 1 heterocycles. The van der Waals surface area contributed by atoms with Crippen LogP contribution in [0.3, 0.4) is 0 Å². The van der Waals surface area contributed by atoms with Gasteiger partial charge in [-0.15, -0.1) is 0 Å². The zero-order chi connectivity index (χ0) is 22.5. The summed E-state index contributed by atoms with van der Waals surface area (Å²) >= 11 is 0. The quantitative estimate of drug-likeness (QED) is 0.674. The Labute approximate surface area is 184 Å². The molecular formula is C23H29N3O4S. The van der Waals surface area contributed by atoms with Crippen molar-refractivity contribution < 1.29 is 18.0 Å². The second-order valence-corrected chi connectivity index (χ2v) is 10.1. The van der Waals surface area contributed by atoms with E-state index in [-0.39, 0.29) is 24.9 Å². The van der Waals surface area contributed by atoms with Gasteiger partial charge in [0, 0.05) is 19.6 Å². The Morgan fingerprint density at radius 3 is 2.19 bits per heavy atom. The van der Waals surface area contributed by atoms with Crippen molar-refractivity contribution >= 4 is 21.8 Å². The standard InChI is InChI=1S/C23H29N3O4S/c1-23(22(28)24-16-20-12-7-4-8-13-20)18-25(31(2,29)30)17-21(27)26(23)15-9-14-19-10-5-3-6-11-19/h3-8,10-13H,9,14-18H2,1-2H3,(H,24,28)/t23-/m0/s1. The number of rotatable bonds is 8. The zero-order valence-corrected chi connectivity index (χ0v) is 18.8. The first-order chi connectivity index (χ1) is 14.7. The summed E-state index contributed by atoms with van der Waals surface area (Å²) in [6.45, 7) is 2.01. The largest absolute Gasteiger partial charge is 0.350 e. The van der Waals surface area contributed by atoms with E-state index in [1.807, 2.05) is 60.7 Å². The molecule has 1 fully saturated rings. The minimum atomic E-state index is -3.61. The van der Waals surface area contributed by atoms with Gasteiger partial charge in [0.05, 0.1) is 12.8 Å². The monoisotopic (exact) mass is 443 g/mol. The highest BCUT2D eigenvalue weighted by molar-refractivity contribution is 7.88. The molecule has 1 saturated heterocycles. The summed E-state index contributed by atoms with van der Waals surface area (Å²) in [6.07, 6.45) is 2.51. The number of carbonyl (C=O) groups excluding carboxylic acids is 2. The maximum absolute atomic E-state index is 13.2. The molecule has 8 heteroatoms. The van der Waals surface area contributed by atoms with Crippen molar-refractivity contribution in [2.24, 2.45) is 0 Å². The van der Waals surface area contributed by atoms with Crippen LogP contribution in [0.1, 0.15) is 24.5 Å². The number of hydrogen-bond donors (Lipinski definition) is 1. The van der Waals surface area contributed by atoms with Crippen molar-refractivity contribution in [1.82, 2.24) is 14.5 Å². The van der Waals surface area contributed by atoms with Crippen LogP contribution in [0.2, 0.25) is 0 Å². The Morgan fingerprint density at radius 1 is 1.03 bits per heavy atom. The molecule has 2 aromatic carbocycles. The highest BCUT2D eigenvalue weighted by Crippen LogP contribution is 2.25. The van der Waals surface area contributed by atoms with Crippen LogP contribution in [0.5, 0.6) is 0 Å². The maximum Gasteiger partial charge on any atom is 0.247 e. The molecule has 0 aromatic heterocycles. The number of piperazine rings is 1. The van der Waals surface area contributed by atoms with Crippen LogP contribution in [-0.2, 0) is 32.6 Å². The summed E-state index contributed by atoms with van der Waals surface area (Å²) in [5.74, 6) is -0.722. The highest BCUT2D eigenvalue weighted by Gasteiger charge is 2.49. The van der Waals surface area contributed by atoms with Gasteiger partial charge in [-0.1, -0.05) is 60.7 Å². The van der Waals surface area contributed by atoms with Crippen molar-refractivity contribution in [2.75, 3.05) is 25.9 Å². The van der Waals surface area contributed by atoms with Crippen molar-refractivity contribution in [3.8, 4) is 0 Å². The average molecular weight is 444 g/mol. The molecule has 1 aliphatic heterocycles. The number of sulfonamides is 1. The molecule has 2 amide bonds. The van der Waals surface area contributed by atoms with E-state index >= 15 is 0 Å². The third-order valence-electron chi connectivity index (χ3n) is 5.64. The Balaban J connectivity index is 1.76. The van der Waals surface area contributed by atoms with Crippen LogP contribution in [0, 0.1) is 0 Å². The van der Waals surface area contributed by atoms with Crippen molar-refractivity contribution in [2.45, 2.75) is 31.8 Å². The van der Waals surface area contributed by atoms with Crippen LogP contribution in [0.4, 0.5) is 0 Å². The van der Waals surface area contributed by atoms with Gasteiger partial charge in [-0.05, 0) is 30.9 Å². The molecule has 1 atom stereocenters. The van der Waals surface area contributed by atoms with E-state index in [9.17, 15) is 18.0 Å². The van der Waals surface area contributed by atoms with Crippen LogP contribution < -0.4 is 5.32 Å². The topological polar surface area (TPSA) is 86.8 Å². The van der Waals surface area contributed by atoms with E-state index in [1.165, 1.54) is 4.90 Å². The summed E-state index contributed by atoms with van der Waals surface area (Å²) in [6, 6.07) is 19.4. The lowest BCUT2D eigenvalue weighted by Gasteiger charge is -2.46. The second kappa shape index (κ2) is 9.62. The first-order valence-corrected chi connectivity index (χ1v) is 12.2. The fourth-order valence-corrected chi connectivity index (χ4v) is 4.68. The summed E-state index contributed by atoms with van der Waals surface area (Å²) in [4.78, 5) is 27.7. The molecule has 0 bridgehead atoms. The lowest BCUT2D eigenvalue weighted by molar-refractivity contribution is -0.152. The van der Waals surface area contributed by atoms with E-state index in [0.29, 0.717) is 19.5 Å². The van der Waals surface area contributed by atoms with Gasteiger partial charge in [0.25, 0.3) is 0 Å². The number of hydrogen-bond acceptors (Lipinski definition) is 4. The molecule has 0 aliphatic carbocycles. The van der Waals surface area contributed by atoms with Gasteiger partial charge in [0.1, 0.15) is 5.54 Å². The van der Waals surface area contributed by atoms with Crippen LogP contribution in [0.15, 0.2) is 60.7 Å². The first kappa shape index (κ1) is 23.0. The van der Waals surface area contributed by atoms with Gasteiger partial charge >= 0.3 is 0 Å². The lowest BCUT2D eigenvalue weighted by Crippen LogP contribution is -2.69. The van der Waals surface area contributed by atoms with Crippen molar-refractivity contribution in [3.05, 3.63) is 71.8 Å². The van der Waals surface area contributed by atoms with Gasteiger partial charge < -0.3 is 10.2 Å². The Morgan fingerprint density at radius 2 is 1.61 bits per heavy atom. The molecule has 31 heavy (non-hydrogen) atoms. The van der Waals surface area contributed by atoms with Gasteiger partial charge in [-0.25, -0.2) is 8.42 Å². The molecule has 0 unspecified atom stereocenters.